The van der Waals surface area contributed by atoms with Crippen molar-refractivity contribution in [2.75, 3.05) is 47.5 Å². The summed E-state index contributed by atoms with van der Waals surface area (Å²) in [6.07, 6.45) is 71.7. The van der Waals surface area contributed by atoms with Gasteiger partial charge >= 0.3 is 19.8 Å². The van der Waals surface area contributed by atoms with Crippen LogP contribution in [0.2, 0.25) is 0 Å². The van der Waals surface area contributed by atoms with Gasteiger partial charge in [-0.3, -0.25) is 18.6 Å². The number of hydrogen-bond donors (Lipinski definition) is 1. The Morgan fingerprint density at radius 2 is 0.662 bits per heavy atom. The summed E-state index contributed by atoms with van der Waals surface area (Å²) in [6.45, 7) is 4.51. The summed E-state index contributed by atoms with van der Waals surface area (Å²) < 4.78 is 34.7. The molecule has 2 unspecified atom stereocenters. The fourth-order valence-corrected chi connectivity index (χ4v) is 11.1. The van der Waals surface area contributed by atoms with E-state index in [2.05, 4.69) is 26.0 Å². The molecular weight excluding hydrogens is 978 g/mol. The van der Waals surface area contributed by atoms with Gasteiger partial charge in [-0.15, -0.1) is 0 Å². The highest BCUT2D eigenvalue weighted by atomic mass is 31.2. The Bertz CT molecular complexity index is 1300. The highest BCUT2D eigenvalue weighted by Gasteiger charge is 2.27. The van der Waals surface area contributed by atoms with Crippen molar-refractivity contribution in [1.29, 1.82) is 0 Å². The molecule has 0 fully saturated rings. The molecule has 2 atom stereocenters. The number of carbonyl (C=O) groups is 2. The Morgan fingerprint density at radius 1 is 0.390 bits per heavy atom. The van der Waals surface area contributed by atoms with Gasteiger partial charge in [0.15, 0.2) is 6.10 Å². The number of unbranched alkanes of at least 4 members (excludes halogenated alkanes) is 48. The third-order valence-electron chi connectivity index (χ3n) is 15.5. The van der Waals surface area contributed by atoms with Crippen molar-refractivity contribution in [3.8, 4) is 0 Å². The van der Waals surface area contributed by atoms with Crippen molar-refractivity contribution in [3.05, 3.63) is 12.2 Å². The summed E-state index contributed by atoms with van der Waals surface area (Å²) in [7, 11) is 1.50. The molecule has 0 aromatic heterocycles. The van der Waals surface area contributed by atoms with Crippen LogP contribution < -0.4 is 0 Å². The lowest BCUT2D eigenvalue weighted by atomic mass is 10.0. The number of phosphoric ester groups is 1. The molecule has 0 spiro atoms. The summed E-state index contributed by atoms with van der Waals surface area (Å²) >= 11 is 0. The lowest BCUT2D eigenvalue weighted by Crippen LogP contribution is -2.37. The van der Waals surface area contributed by atoms with Crippen molar-refractivity contribution in [3.63, 3.8) is 0 Å². The van der Waals surface area contributed by atoms with Crippen LogP contribution in [0.15, 0.2) is 12.2 Å². The van der Waals surface area contributed by atoms with Crippen molar-refractivity contribution in [1.82, 2.24) is 0 Å². The smallest absolute Gasteiger partial charge is 0.462 e. The molecule has 0 aromatic carbocycles. The van der Waals surface area contributed by atoms with Crippen molar-refractivity contribution < 1.29 is 42.1 Å². The van der Waals surface area contributed by atoms with Gasteiger partial charge in [0.2, 0.25) is 0 Å². The van der Waals surface area contributed by atoms with Gasteiger partial charge in [-0.05, 0) is 38.5 Å². The second-order valence-electron chi connectivity index (χ2n) is 24.6. The summed E-state index contributed by atoms with van der Waals surface area (Å²) in [4.78, 5) is 35.8. The van der Waals surface area contributed by atoms with Crippen LogP contribution in [0.5, 0.6) is 0 Å². The summed E-state index contributed by atoms with van der Waals surface area (Å²) in [5, 5.41) is 0. The second-order valence-corrected chi connectivity index (χ2v) is 26.0. The first-order valence-corrected chi connectivity index (χ1v) is 35.4. The number of esters is 2. The van der Waals surface area contributed by atoms with E-state index in [4.69, 9.17) is 18.5 Å². The molecule has 0 aromatic rings. The van der Waals surface area contributed by atoms with E-state index in [1.165, 1.54) is 289 Å². The van der Waals surface area contributed by atoms with Crippen molar-refractivity contribution in [2.45, 2.75) is 360 Å². The van der Waals surface area contributed by atoms with E-state index in [9.17, 15) is 19.0 Å². The second kappa shape index (κ2) is 59.4. The van der Waals surface area contributed by atoms with Gasteiger partial charge < -0.3 is 18.9 Å². The van der Waals surface area contributed by atoms with Crippen LogP contribution in [0.25, 0.3) is 0 Å². The average molecular weight is 1110 g/mol. The van der Waals surface area contributed by atoms with Crippen molar-refractivity contribution >= 4 is 19.8 Å². The van der Waals surface area contributed by atoms with E-state index in [0.717, 1.165) is 38.5 Å². The normalized spacial score (nSPS) is 13.2. The van der Waals surface area contributed by atoms with Gasteiger partial charge in [0.05, 0.1) is 27.7 Å². The van der Waals surface area contributed by atoms with E-state index in [0.29, 0.717) is 17.4 Å². The number of hydrogen-bond acceptors (Lipinski definition) is 7. The largest absolute Gasteiger partial charge is 0.472 e. The van der Waals surface area contributed by atoms with Crippen LogP contribution in [-0.4, -0.2) is 74.9 Å². The first-order valence-electron chi connectivity index (χ1n) is 33.9. The molecule has 0 aliphatic carbocycles. The number of phosphoric acid groups is 1. The van der Waals surface area contributed by atoms with Gasteiger partial charge in [-0.1, -0.05) is 315 Å². The topological polar surface area (TPSA) is 108 Å². The van der Waals surface area contributed by atoms with Gasteiger partial charge in [0.25, 0.3) is 0 Å². The minimum atomic E-state index is -4.38. The zero-order valence-electron chi connectivity index (χ0n) is 52.2. The first kappa shape index (κ1) is 75.8. The Morgan fingerprint density at radius 3 is 0.961 bits per heavy atom. The Balaban J connectivity index is 3.97. The van der Waals surface area contributed by atoms with Crippen molar-refractivity contribution in [2.24, 2.45) is 0 Å². The molecule has 0 amide bonds. The predicted molar refractivity (Wildman–Crippen MR) is 331 cm³/mol. The van der Waals surface area contributed by atoms with Gasteiger partial charge in [0.1, 0.15) is 19.8 Å². The third kappa shape index (κ3) is 63.8. The van der Waals surface area contributed by atoms with E-state index < -0.39 is 26.5 Å². The number of ether oxygens (including phenoxy) is 2. The highest BCUT2D eigenvalue weighted by Crippen LogP contribution is 2.43. The lowest BCUT2D eigenvalue weighted by Gasteiger charge is -2.24. The van der Waals surface area contributed by atoms with Crippen LogP contribution in [-0.2, 0) is 32.7 Å². The number of carbonyl (C=O) groups excluding carboxylic acids is 2. The molecule has 0 saturated carbocycles. The number of likely N-dealkylation sites (N-methyl/N-ethyl adjacent to an activating group) is 1. The molecule has 0 heterocycles. The molecule has 0 saturated heterocycles. The van der Waals surface area contributed by atoms with Crippen LogP contribution >= 0.6 is 7.82 Å². The zero-order valence-corrected chi connectivity index (χ0v) is 53.1. The van der Waals surface area contributed by atoms with Crippen LogP contribution in [0.4, 0.5) is 0 Å². The predicted octanol–water partition coefficient (Wildman–Crippen LogP) is 21.6. The Kier molecular flexibility index (Phi) is 58.4. The first-order chi connectivity index (χ1) is 37.5. The highest BCUT2D eigenvalue weighted by molar-refractivity contribution is 7.47. The van der Waals surface area contributed by atoms with Crippen LogP contribution in [0.3, 0.4) is 0 Å². The number of quaternary nitrogens is 1. The van der Waals surface area contributed by atoms with Crippen LogP contribution in [0, 0.1) is 0 Å². The van der Waals surface area contributed by atoms with E-state index >= 15 is 0 Å². The molecule has 0 rings (SSSR count). The molecule has 77 heavy (non-hydrogen) atoms. The number of allylic oxidation sites excluding steroid dienone is 2. The summed E-state index contributed by atoms with van der Waals surface area (Å²) in [5.74, 6) is -0.772. The molecule has 1 N–H and O–H groups in total. The number of nitrogens with zero attached hydrogens (tertiary/aromatic N) is 1. The SMILES string of the molecule is CCCCCCCCCC/C=C\CCCCCCCCCCCCCCCCCCCCCCCC(=O)OC(COC(=O)CCCCCCCCCCCCCCCCCCCCCC)COP(=O)(O)OCC[N+](C)(C)C. The van der Waals surface area contributed by atoms with Gasteiger partial charge in [0, 0.05) is 12.8 Å². The Hall–Kier alpha value is -1.25. The fourth-order valence-electron chi connectivity index (χ4n) is 10.3. The quantitative estimate of drug-likeness (QED) is 0.0211. The molecule has 458 valence electrons. The minimum Gasteiger partial charge on any atom is -0.462 e. The standard InChI is InChI=1S/C67H132NO8P/c1-6-8-10-12-14-16-18-20-22-24-26-28-29-30-31-32-33-34-35-36-37-38-39-40-42-44-46-48-50-52-54-56-58-60-67(70)76-65(64-75-77(71,72)74-62-61-68(3,4)5)63-73-66(69)59-57-55-53-51-49-47-45-43-41-27-25-23-21-19-17-15-13-11-9-7-2/h24,26,65H,6-23,25,27-64H2,1-5H3/p+1/b26-24-. The monoisotopic (exact) mass is 1110 g/mol. The lowest BCUT2D eigenvalue weighted by molar-refractivity contribution is -0.870. The average Bonchev–Trinajstić information content (AvgIpc) is 3.39. The maximum atomic E-state index is 12.9. The molecular formula is C67H133NO8P+. The van der Waals surface area contributed by atoms with Gasteiger partial charge in [-0.25, -0.2) is 4.57 Å². The fraction of sp³-hybridized carbons (Fsp3) is 0.940. The van der Waals surface area contributed by atoms with E-state index in [1.54, 1.807) is 0 Å². The molecule has 0 bridgehead atoms. The maximum absolute atomic E-state index is 12.9. The maximum Gasteiger partial charge on any atom is 0.472 e. The van der Waals surface area contributed by atoms with Crippen LogP contribution in [0.1, 0.15) is 354 Å². The zero-order chi connectivity index (χ0) is 56.3. The Labute approximate surface area is 479 Å². The minimum absolute atomic E-state index is 0.0367. The van der Waals surface area contributed by atoms with E-state index in [1.807, 2.05) is 21.1 Å². The molecule has 10 heteroatoms. The molecule has 0 radical (unpaired) electrons. The van der Waals surface area contributed by atoms with Gasteiger partial charge in [-0.2, -0.15) is 0 Å². The number of rotatable bonds is 64. The molecule has 0 aliphatic rings. The molecule has 0 aliphatic heterocycles. The summed E-state index contributed by atoms with van der Waals surface area (Å²) in [5.41, 5.74) is 0. The summed E-state index contributed by atoms with van der Waals surface area (Å²) in [6, 6.07) is 0. The third-order valence-corrected chi connectivity index (χ3v) is 16.5. The molecule has 9 nitrogen and oxygen atoms in total. The van der Waals surface area contributed by atoms with E-state index in [-0.39, 0.29) is 25.6 Å².